The molecule has 10 heteroatoms. The molecule has 1 aliphatic rings. The first-order valence-corrected chi connectivity index (χ1v) is 9.58. The van der Waals surface area contributed by atoms with Crippen LogP contribution in [-0.2, 0) is 6.18 Å². The van der Waals surface area contributed by atoms with E-state index in [1.807, 2.05) is 19.0 Å². The number of aromatic nitrogens is 2. The predicted octanol–water partition coefficient (Wildman–Crippen LogP) is 3.85. The minimum Gasteiger partial charge on any atom is -0.363 e. The van der Waals surface area contributed by atoms with Crippen LogP contribution in [0.3, 0.4) is 0 Å². The summed E-state index contributed by atoms with van der Waals surface area (Å²) in [4.78, 5) is 22.8. The molecule has 0 spiro atoms. The summed E-state index contributed by atoms with van der Waals surface area (Å²) in [6.07, 6.45) is -0.540. The van der Waals surface area contributed by atoms with Crippen LogP contribution in [0, 0.1) is 5.82 Å². The molecule has 0 atom stereocenters. The van der Waals surface area contributed by atoms with Gasteiger partial charge in [-0.2, -0.15) is 18.2 Å². The highest BCUT2D eigenvalue weighted by Gasteiger charge is 2.36. The van der Waals surface area contributed by atoms with E-state index in [1.54, 1.807) is 12.3 Å². The minimum absolute atomic E-state index is 0.112. The second-order valence-corrected chi connectivity index (χ2v) is 7.46. The molecule has 162 valence electrons. The maximum absolute atomic E-state index is 14.2. The molecule has 1 aromatic carbocycles. The fraction of sp³-hybridized carbons (Fsp3) is 0.450. The summed E-state index contributed by atoms with van der Waals surface area (Å²) in [6.45, 7) is 0. The number of nitrogens with zero attached hydrogens (tertiary/aromatic N) is 3. The van der Waals surface area contributed by atoms with Gasteiger partial charge in [-0.3, -0.25) is 4.79 Å². The van der Waals surface area contributed by atoms with E-state index in [4.69, 9.17) is 0 Å². The van der Waals surface area contributed by atoms with Gasteiger partial charge < -0.3 is 15.5 Å². The van der Waals surface area contributed by atoms with E-state index < -0.39 is 29.0 Å². The zero-order valence-corrected chi connectivity index (χ0v) is 16.6. The van der Waals surface area contributed by atoms with Gasteiger partial charge in [0.1, 0.15) is 11.6 Å². The molecule has 2 aromatic rings. The standard InChI is InChI=1S/C20H23F4N5O/c1-29(2)16-10-11-25-19(28-16)27-13-8-6-12(7-9-13)26-18(30)14-4-3-5-15(17(14)21)20(22,23)24/h3-5,10-13H,6-9H2,1-2H3,(H,26,30)(H,25,27,28)/t12-,13+. The summed E-state index contributed by atoms with van der Waals surface area (Å²) in [5, 5.41) is 5.92. The minimum atomic E-state index is -4.85. The topological polar surface area (TPSA) is 70.2 Å². The Hall–Kier alpha value is -2.91. The van der Waals surface area contributed by atoms with Crippen molar-refractivity contribution in [2.24, 2.45) is 0 Å². The Labute approximate surface area is 171 Å². The highest BCUT2D eigenvalue weighted by Crippen LogP contribution is 2.32. The number of alkyl halides is 3. The van der Waals surface area contributed by atoms with Gasteiger partial charge in [-0.05, 0) is 43.9 Å². The van der Waals surface area contributed by atoms with Crippen molar-refractivity contribution in [3.63, 3.8) is 0 Å². The van der Waals surface area contributed by atoms with E-state index in [0.717, 1.165) is 18.0 Å². The fourth-order valence-corrected chi connectivity index (χ4v) is 3.42. The van der Waals surface area contributed by atoms with E-state index >= 15 is 0 Å². The van der Waals surface area contributed by atoms with Gasteiger partial charge in [0.05, 0.1) is 11.1 Å². The lowest BCUT2D eigenvalue weighted by Crippen LogP contribution is -2.40. The number of carbonyl (C=O) groups is 1. The van der Waals surface area contributed by atoms with E-state index in [-0.39, 0.29) is 12.1 Å². The molecule has 3 rings (SSSR count). The van der Waals surface area contributed by atoms with Crippen LogP contribution < -0.4 is 15.5 Å². The number of benzene rings is 1. The highest BCUT2D eigenvalue weighted by atomic mass is 19.4. The van der Waals surface area contributed by atoms with Crippen LogP contribution in [0.5, 0.6) is 0 Å². The van der Waals surface area contributed by atoms with E-state index in [0.29, 0.717) is 37.7 Å². The first-order chi connectivity index (χ1) is 14.1. The third kappa shape index (κ3) is 5.17. The largest absolute Gasteiger partial charge is 0.419 e. The van der Waals surface area contributed by atoms with Crippen molar-refractivity contribution < 1.29 is 22.4 Å². The monoisotopic (exact) mass is 425 g/mol. The summed E-state index contributed by atoms with van der Waals surface area (Å²) in [5.74, 6) is -1.09. The first kappa shape index (κ1) is 21.8. The number of anilines is 2. The molecule has 1 fully saturated rings. The fourth-order valence-electron chi connectivity index (χ4n) is 3.42. The van der Waals surface area contributed by atoms with Gasteiger partial charge in [-0.1, -0.05) is 6.07 Å². The Morgan fingerprint density at radius 2 is 1.77 bits per heavy atom. The van der Waals surface area contributed by atoms with Crippen LogP contribution in [0.4, 0.5) is 29.3 Å². The summed E-state index contributed by atoms with van der Waals surface area (Å²) in [5.41, 5.74) is -2.04. The Kier molecular flexibility index (Phi) is 6.42. The Balaban J connectivity index is 1.56. The smallest absolute Gasteiger partial charge is 0.363 e. The SMILES string of the molecule is CN(C)c1ccnc(N[C@H]2CC[C@@H](NC(=O)c3cccc(C(F)(F)F)c3F)CC2)n1. The molecule has 1 heterocycles. The molecule has 0 unspecified atom stereocenters. The van der Waals surface area contributed by atoms with Crippen LogP contribution in [0.1, 0.15) is 41.6 Å². The Morgan fingerprint density at radius 3 is 2.40 bits per heavy atom. The average molecular weight is 425 g/mol. The number of nitrogens with one attached hydrogen (secondary N) is 2. The zero-order chi connectivity index (χ0) is 21.9. The molecule has 30 heavy (non-hydrogen) atoms. The number of carbonyl (C=O) groups excluding carboxylic acids is 1. The van der Waals surface area contributed by atoms with Crippen LogP contribution in [0.25, 0.3) is 0 Å². The number of hydrogen-bond donors (Lipinski definition) is 2. The summed E-state index contributed by atoms with van der Waals surface area (Å²) in [6, 6.07) is 4.38. The summed E-state index contributed by atoms with van der Waals surface area (Å²) >= 11 is 0. The normalized spacial score (nSPS) is 19.3. The van der Waals surface area contributed by atoms with Crippen molar-refractivity contribution in [3.8, 4) is 0 Å². The molecule has 0 aliphatic heterocycles. The Bertz CT molecular complexity index is 895. The van der Waals surface area contributed by atoms with Crippen molar-refractivity contribution in [1.29, 1.82) is 0 Å². The van der Waals surface area contributed by atoms with Gasteiger partial charge in [0.25, 0.3) is 5.91 Å². The van der Waals surface area contributed by atoms with Gasteiger partial charge in [-0.25, -0.2) is 9.37 Å². The predicted molar refractivity (Wildman–Crippen MR) is 105 cm³/mol. The van der Waals surface area contributed by atoms with Gasteiger partial charge in [0.2, 0.25) is 5.95 Å². The van der Waals surface area contributed by atoms with Crippen molar-refractivity contribution >= 4 is 17.7 Å². The summed E-state index contributed by atoms with van der Waals surface area (Å²) < 4.78 is 52.7. The molecule has 1 amide bonds. The lowest BCUT2D eigenvalue weighted by molar-refractivity contribution is -0.140. The number of halogens is 4. The zero-order valence-electron chi connectivity index (χ0n) is 16.6. The van der Waals surface area contributed by atoms with Crippen LogP contribution >= 0.6 is 0 Å². The van der Waals surface area contributed by atoms with Gasteiger partial charge in [0.15, 0.2) is 0 Å². The molecular formula is C20H23F4N5O. The summed E-state index contributed by atoms with van der Waals surface area (Å²) in [7, 11) is 3.76. The second-order valence-electron chi connectivity index (χ2n) is 7.46. The average Bonchev–Trinajstić information content (AvgIpc) is 2.69. The Morgan fingerprint density at radius 1 is 1.10 bits per heavy atom. The molecule has 6 nitrogen and oxygen atoms in total. The lowest BCUT2D eigenvalue weighted by Gasteiger charge is -2.30. The van der Waals surface area contributed by atoms with Crippen LogP contribution in [0.2, 0.25) is 0 Å². The van der Waals surface area contributed by atoms with E-state index in [2.05, 4.69) is 20.6 Å². The van der Waals surface area contributed by atoms with Gasteiger partial charge in [-0.15, -0.1) is 0 Å². The van der Waals surface area contributed by atoms with Crippen LogP contribution in [0.15, 0.2) is 30.5 Å². The molecular weight excluding hydrogens is 402 g/mol. The third-order valence-electron chi connectivity index (χ3n) is 5.04. The third-order valence-corrected chi connectivity index (χ3v) is 5.04. The molecule has 0 saturated heterocycles. The molecule has 0 radical (unpaired) electrons. The van der Waals surface area contributed by atoms with Crippen molar-refractivity contribution in [2.45, 2.75) is 43.9 Å². The molecule has 1 aliphatic carbocycles. The van der Waals surface area contributed by atoms with Crippen LogP contribution in [-0.4, -0.2) is 42.1 Å². The lowest BCUT2D eigenvalue weighted by atomic mass is 9.91. The van der Waals surface area contributed by atoms with Crippen molar-refractivity contribution in [2.75, 3.05) is 24.3 Å². The maximum atomic E-state index is 14.2. The number of amides is 1. The highest BCUT2D eigenvalue weighted by molar-refractivity contribution is 5.94. The number of rotatable bonds is 5. The molecule has 1 aromatic heterocycles. The van der Waals surface area contributed by atoms with E-state index in [1.165, 1.54) is 0 Å². The van der Waals surface area contributed by atoms with Gasteiger partial charge in [0, 0.05) is 32.4 Å². The maximum Gasteiger partial charge on any atom is 0.419 e. The second kappa shape index (κ2) is 8.85. The molecule has 0 bridgehead atoms. The molecule has 1 saturated carbocycles. The van der Waals surface area contributed by atoms with Crippen molar-refractivity contribution in [1.82, 2.24) is 15.3 Å². The van der Waals surface area contributed by atoms with E-state index in [9.17, 15) is 22.4 Å². The van der Waals surface area contributed by atoms with Crippen molar-refractivity contribution in [3.05, 3.63) is 47.4 Å². The first-order valence-electron chi connectivity index (χ1n) is 9.58. The molecule has 2 N–H and O–H groups in total. The van der Waals surface area contributed by atoms with Gasteiger partial charge >= 0.3 is 6.18 Å². The quantitative estimate of drug-likeness (QED) is 0.712. The number of hydrogen-bond acceptors (Lipinski definition) is 5.